The molecule has 4 nitrogen and oxygen atoms in total. The van der Waals surface area contributed by atoms with Crippen molar-refractivity contribution < 1.29 is 13.6 Å². The minimum absolute atomic E-state index is 0.122. The van der Waals surface area contributed by atoms with Crippen molar-refractivity contribution in [3.8, 4) is 0 Å². The minimum atomic E-state index is -0.860. The van der Waals surface area contributed by atoms with Crippen LogP contribution in [0.4, 0.5) is 20.2 Å². The van der Waals surface area contributed by atoms with Crippen LogP contribution in [0, 0.1) is 11.6 Å². The first-order valence-corrected chi connectivity index (χ1v) is 10.7. The number of halogens is 3. The van der Waals surface area contributed by atoms with Gasteiger partial charge in [0.1, 0.15) is 15.5 Å². The number of pyridine rings is 1. The van der Waals surface area contributed by atoms with Crippen LogP contribution in [0.25, 0.3) is 10.2 Å². The van der Waals surface area contributed by atoms with E-state index in [2.05, 4.69) is 21.2 Å². The van der Waals surface area contributed by atoms with Gasteiger partial charge in [-0.05, 0) is 59.3 Å². The molecule has 8 heteroatoms. The predicted molar refractivity (Wildman–Crippen MR) is 112 cm³/mol. The maximum atomic E-state index is 14.0. The van der Waals surface area contributed by atoms with E-state index in [1.807, 2.05) is 6.07 Å². The Morgan fingerprint density at radius 1 is 1.14 bits per heavy atom. The van der Waals surface area contributed by atoms with Crippen molar-refractivity contribution in [2.75, 3.05) is 11.1 Å². The van der Waals surface area contributed by atoms with E-state index in [1.54, 1.807) is 0 Å². The third-order valence-corrected chi connectivity index (χ3v) is 6.69. The molecular weight excluding hydrogens is 448 g/mol. The zero-order valence-electron chi connectivity index (χ0n) is 14.9. The highest BCUT2D eigenvalue weighted by Gasteiger charge is 2.22. The van der Waals surface area contributed by atoms with E-state index < -0.39 is 17.5 Å². The molecule has 0 aliphatic heterocycles. The summed E-state index contributed by atoms with van der Waals surface area (Å²) >= 11 is 4.27. The lowest BCUT2D eigenvalue weighted by Gasteiger charge is -2.12. The Kier molecular flexibility index (Phi) is 5.33. The SMILES string of the molecule is Nc1c(C(=O)Nc2c(F)cc(F)cc2Br)sc2nc3c(cc12)CCCCCC3. The van der Waals surface area contributed by atoms with Gasteiger partial charge in [-0.15, -0.1) is 11.3 Å². The smallest absolute Gasteiger partial charge is 0.268 e. The van der Waals surface area contributed by atoms with Gasteiger partial charge in [0.05, 0.1) is 11.4 Å². The highest BCUT2D eigenvalue weighted by atomic mass is 79.9. The van der Waals surface area contributed by atoms with Crippen LogP contribution in [-0.2, 0) is 12.8 Å². The molecule has 146 valence electrons. The number of aromatic nitrogens is 1. The number of nitrogens with zero attached hydrogens (tertiary/aromatic N) is 1. The maximum Gasteiger partial charge on any atom is 0.268 e. The number of benzene rings is 1. The molecule has 2 aromatic heterocycles. The highest BCUT2D eigenvalue weighted by molar-refractivity contribution is 9.10. The number of nitrogens with one attached hydrogen (secondary N) is 1. The first-order valence-electron chi connectivity index (χ1n) is 9.10. The first kappa shape index (κ1) is 19.3. The summed E-state index contributed by atoms with van der Waals surface area (Å²) in [5, 5.41) is 3.25. The standard InChI is InChI=1S/C20H18BrF2N3OS/c21-13-8-11(22)9-14(23)17(13)26-19(27)18-16(24)12-7-10-5-3-1-2-4-6-15(10)25-20(12)28-18/h7-9H,1-6,24H2,(H,26,27). The number of amides is 1. The molecule has 3 N–H and O–H groups in total. The number of fused-ring (bicyclic) bond motifs is 2. The van der Waals surface area contributed by atoms with Crippen LogP contribution in [-0.4, -0.2) is 10.9 Å². The van der Waals surface area contributed by atoms with Gasteiger partial charge in [0, 0.05) is 21.6 Å². The van der Waals surface area contributed by atoms with Gasteiger partial charge in [-0.1, -0.05) is 12.8 Å². The summed E-state index contributed by atoms with van der Waals surface area (Å²) in [5.41, 5.74) is 8.73. The Hall–Kier alpha value is -2.06. The number of carbonyl (C=O) groups excluding carboxylic acids is 1. The summed E-state index contributed by atoms with van der Waals surface area (Å²) in [6.45, 7) is 0. The fraction of sp³-hybridized carbons (Fsp3) is 0.300. The molecule has 0 radical (unpaired) electrons. The zero-order valence-corrected chi connectivity index (χ0v) is 17.4. The second-order valence-electron chi connectivity index (χ2n) is 6.90. The van der Waals surface area contributed by atoms with Crippen LogP contribution < -0.4 is 11.1 Å². The molecular formula is C20H18BrF2N3OS. The molecule has 1 aliphatic carbocycles. The van der Waals surface area contributed by atoms with Gasteiger partial charge < -0.3 is 11.1 Å². The van der Waals surface area contributed by atoms with Crippen LogP contribution in [0.5, 0.6) is 0 Å². The van der Waals surface area contributed by atoms with Crippen LogP contribution in [0.1, 0.15) is 46.6 Å². The number of anilines is 2. The van der Waals surface area contributed by atoms with E-state index in [0.717, 1.165) is 48.9 Å². The van der Waals surface area contributed by atoms with E-state index in [0.29, 0.717) is 10.5 Å². The second kappa shape index (κ2) is 7.75. The zero-order chi connectivity index (χ0) is 19.8. The van der Waals surface area contributed by atoms with Crippen LogP contribution >= 0.6 is 27.3 Å². The second-order valence-corrected chi connectivity index (χ2v) is 8.76. The summed E-state index contributed by atoms with van der Waals surface area (Å²) in [7, 11) is 0. The van der Waals surface area contributed by atoms with Crippen molar-refractivity contribution in [2.45, 2.75) is 38.5 Å². The molecule has 0 unspecified atom stereocenters. The van der Waals surface area contributed by atoms with E-state index in [9.17, 15) is 13.6 Å². The van der Waals surface area contributed by atoms with Gasteiger partial charge in [-0.2, -0.15) is 0 Å². The molecule has 4 rings (SSSR count). The minimum Gasteiger partial charge on any atom is -0.397 e. The summed E-state index contributed by atoms with van der Waals surface area (Å²) < 4.78 is 27.4. The Labute approximate surface area is 173 Å². The first-order chi connectivity index (χ1) is 13.4. The third-order valence-electron chi connectivity index (χ3n) is 4.95. The number of hydrogen-bond donors (Lipinski definition) is 2. The Bertz CT molecular complexity index is 1060. The molecule has 1 amide bonds. The molecule has 0 saturated carbocycles. The Morgan fingerprint density at radius 2 is 1.89 bits per heavy atom. The van der Waals surface area contributed by atoms with Gasteiger partial charge in [0.25, 0.3) is 5.91 Å². The third kappa shape index (κ3) is 3.63. The lowest BCUT2D eigenvalue weighted by molar-refractivity contribution is 0.103. The molecule has 3 aromatic rings. The quantitative estimate of drug-likeness (QED) is 0.500. The van der Waals surface area contributed by atoms with E-state index >= 15 is 0 Å². The number of carbonyl (C=O) groups is 1. The number of hydrogen-bond acceptors (Lipinski definition) is 4. The molecule has 2 heterocycles. The topological polar surface area (TPSA) is 68.0 Å². The molecule has 0 bridgehead atoms. The van der Waals surface area contributed by atoms with Gasteiger partial charge >= 0.3 is 0 Å². The summed E-state index contributed by atoms with van der Waals surface area (Å²) in [6.07, 6.45) is 6.54. The fourth-order valence-corrected chi connectivity index (χ4v) is 5.01. The van der Waals surface area contributed by atoms with Crippen molar-refractivity contribution >= 4 is 54.8 Å². The average Bonchev–Trinajstić information content (AvgIpc) is 2.94. The Morgan fingerprint density at radius 3 is 2.64 bits per heavy atom. The van der Waals surface area contributed by atoms with Crippen molar-refractivity contribution in [1.82, 2.24) is 4.98 Å². The molecule has 28 heavy (non-hydrogen) atoms. The fourth-order valence-electron chi connectivity index (χ4n) is 3.51. The van der Waals surface area contributed by atoms with Gasteiger partial charge in [-0.3, -0.25) is 4.79 Å². The van der Waals surface area contributed by atoms with Crippen molar-refractivity contribution in [3.05, 3.63) is 50.4 Å². The number of thiophene rings is 1. The summed E-state index contributed by atoms with van der Waals surface area (Å²) in [5.74, 6) is -2.13. The lowest BCUT2D eigenvalue weighted by atomic mass is 9.96. The summed E-state index contributed by atoms with van der Waals surface area (Å²) in [6, 6.07) is 3.85. The van der Waals surface area contributed by atoms with E-state index in [-0.39, 0.29) is 15.0 Å². The molecule has 1 aliphatic rings. The molecule has 0 fully saturated rings. The molecule has 0 spiro atoms. The van der Waals surface area contributed by atoms with Gasteiger partial charge in [0.2, 0.25) is 0 Å². The monoisotopic (exact) mass is 465 g/mol. The number of nitrogen functional groups attached to an aromatic ring is 1. The summed E-state index contributed by atoms with van der Waals surface area (Å²) in [4.78, 5) is 18.5. The van der Waals surface area contributed by atoms with E-state index in [1.165, 1.54) is 29.7 Å². The highest BCUT2D eigenvalue weighted by Crippen LogP contribution is 2.36. The van der Waals surface area contributed by atoms with Gasteiger partial charge in [0.15, 0.2) is 5.82 Å². The number of rotatable bonds is 2. The van der Waals surface area contributed by atoms with Crippen LogP contribution in [0.3, 0.4) is 0 Å². The molecule has 0 atom stereocenters. The van der Waals surface area contributed by atoms with Crippen molar-refractivity contribution in [3.63, 3.8) is 0 Å². The number of nitrogens with two attached hydrogens (primary N) is 1. The maximum absolute atomic E-state index is 14.0. The number of aryl methyl sites for hydroxylation is 2. The van der Waals surface area contributed by atoms with E-state index in [4.69, 9.17) is 10.7 Å². The molecule has 1 aromatic carbocycles. The molecule has 0 saturated heterocycles. The van der Waals surface area contributed by atoms with Gasteiger partial charge in [-0.25, -0.2) is 13.8 Å². The normalized spacial score (nSPS) is 14.4. The van der Waals surface area contributed by atoms with Crippen LogP contribution in [0.15, 0.2) is 22.7 Å². The largest absolute Gasteiger partial charge is 0.397 e. The van der Waals surface area contributed by atoms with Crippen molar-refractivity contribution in [2.24, 2.45) is 0 Å². The average molecular weight is 466 g/mol. The predicted octanol–water partition coefficient (Wildman–Crippen LogP) is 5.83. The van der Waals surface area contributed by atoms with Crippen molar-refractivity contribution in [1.29, 1.82) is 0 Å². The Balaban J connectivity index is 1.71. The lowest BCUT2D eigenvalue weighted by Crippen LogP contribution is -2.13. The van der Waals surface area contributed by atoms with Crippen LogP contribution in [0.2, 0.25) is 0 Å².